The van der Waals surface area contributed by atoms with Crippen LogP contribution in [0.1, 0.15) is 23.0 Å². The number of aromatic amines is 1. The van der Waals surface area contributed by atoms with Gasteiger partial charge >= 0.3 is 0 Å². The average Bonchev–Trinajstić information content (AvgIpc) is 2.97. The molecule has 25 heavy (non-hydrogen) atoms. The molecule has 0 radical (unpaired) electrons. The van der Waals surface area contributed by atoms with Crippen LogP contribution >= 0.6 is 11.6 Å². The highest BCUT2D eigenvalue weighted by atomic mass is 35.5. The third kappa shape index (κ3) is 3.69. The molecule has 0 spiro atoms. The Hall–Kier alpha value is -2.73. The van der Waals surface area contributed by atoms with Crippen LogP contribution in [0.2, 0.25) is 5.02 Å². The fourth-order valence-corrected chi connectivity index (χ4v) is 2.58. The number of carbonyl (C=O) groups is 1. The van der Waals surface area contributed by atoms with Crippen LogP contribution in [0, 0.1) is 11.6 Å². The van der Waals surface area contributed by atoms with Crippen LogP contribution in [0.15, 0.2) is 42.5 Å². The predicted molar refractivity (Wildman–Crippen MR) is 92.7 cm³/mol. The molecular formula is C18H14ClF2N3O. The maximum atomic E-state index is 13.3. The topological polar surface area (TPSA) is 57.8 Å². The summed E-state index contributed by atoms with van der Waals surface area (Å²) in [4.78, 5) is 12.4. The summed E-state index contributed by atoms with van der Waals surface area (Å²) in [6, 6.07) is 9.64. The zero-order chi connectivity index (χ0) is 18.0. The number of benzene rings is 2. The van der Waals surface area contributed by atoms with Gasteiger partial charge in [-0.1, -0.05) is 30.7 Å². The SMILES string of the molecule is CCc1[nH]nc(-c2ccc(Cl)cc2)c1NC(=O)c1cc(F)cc(F)c1. The van der Waals surface area contributed by atoms with E-state index >= 15 is 0 Å². The Bertz CT molecular complexity index is 902. The fourth-order valence-electron chi connectivity index (χ4n) is 2.46. The summed E-state index contributed by atoms with van der Waals surface area (Å²) >= 11 is 5.90. The maximum absolute atomic E-state index is 13.3. The lowest BCUT2D eigenvalue weighted by Gasteiger charge is -2.08. The lowest BCUT2D eigenvalue weighted by molar-refractivity contribution is 0.102. The molecule has 0 aliphatic heterocycles. The molecule has 0 unspecified atom stereocenters. The van der Waals surface area contributed by atoms with Crippen molar-refractivity contribution in [2.24, 2.45) is 0 Å². The van der Waals surface area contributed by atoms with Crippen molar-refractivity contribution in [3.05, 3.63) is 70.4 Å². The van der Waals surface area contributed by atoms with Crippen LogP contribution in [0.3, 0.4) is 0 Å². The van der Waals surface area contributed by atoms with E-state index in [4.69, 9.17) is 11.6 Å². The molecule has 3 aromatic rings. The van der Waals surface area contributed by atoms with Crippen LogP contribution in [0.25, 0.3) is 11.3 Å². The molecule has 0 saturated carbocycles. The maximum Gasteiger partial charge on any atom is 0.255 e. The molecule has 4 nitrogen and oxygen atoms in total. The minimum absolute atomic E-state index is 0.109. The van der Waals surface area contributed by atoms with Gasteiger partial charge in [0.2, 0.25) is 0 Å². The smallest absolute Gasteiger partial charge is 0.255 e. The molecule has 128 valence electrons. The predicted octanol–water partition coefficient (Wildman–Crippen LogP) is 4.82. The van der Waals surface area contributed by atoms with Crippen LogP contribution in [0.5, 0.6) is 0 Å². The number of nitrogens with one attached hydrogen (secondary N) is 2. The van der Waals surface area contributed by atoms with E-state index in [1.54, 1.807) is 24.3 Å². The van der Waals surface area contributed by atoms with Gasteiger partial charge in [0, 0.05) is 22.2 Å². The van der Waals surface area contributed by atoms with Crippen molar-refractivity contribution in [2.45, 2.75) is 13.3 Å². The highest BCUT2D eigenvalue weighted by Crippen LogP contribution is 2.30. The first-order valence-corrected chi connectivity index (χ1v) is 7.96. The van der Waals surface area contributed by atoms with Crippen LogP contribution in [-0.4, -0.2) is 16.1 Å². The summed E-state index contributed by atoms with van der Waals surface area (Å²) in [5.74, 6) is -2.25. The lowest BCUT2D eigenvalue weighted by atomic mass is 10.1. The molecule has 3 rings (SSSR count). The number of amides is 1. The first kappa shape index (κ1) is 17.1. The van der Waals surface area contributed by atoms with Crippen LogP contribution in [0.4, 0.5) is 14.5 Å². The number of aromatic nitrogens is 2. The Labute approximate surface area is 147 Å². The molecule has 0 aliphatic rings. The van der Waals surface area contributed by atoms with Gasteiger partial charge in [0.05, 0.1) is 11.4 Å². The Morgan fingerprint density at radius 2 is 1.80 bits per heavy atom. The number of rotatable bonds is 4. The van der Waals surface area contributed by atoms with E-state index in [1.807, 2.05) is 6.92 Å². The van der Waals surface area contributed by atoms with E-state index in [0.717, 1.165) is 17.7 Å². The third-order valence-corrected chi connectivity index (χ3v) is 3.93. The largest absolute Gasteiger partial charge is 0.319 e. The molecule has 0 atom stereocenters. The van der Waals surface area contributed by atoms with E-state index in [1.165, 1.54) is 0 Å². The first-order chi connectivity index (χ1) is 12.0. The Balaban J connectivity index is 1.97. The number of anilines is 1. The number of aryl methyl sites for hydroxylation is 1. The lowest BCUT2D eigenvalue weighted by Crippen LogP contribution is -2.14. The van der Waals surface area contributed by atoms with Crippen molar-refractivity contribution in [3.63, 3.8) is 0 Å². The van der Waals surface area contributed by atoms with Gasteiger partial charge in [0.1, 0.15) is 17.3 Å². The van der Waals surface area contributed by atoms with Gasteiger partial charge in [-0.2, -0.15) is 5.10 Å². The highest BCUT2D eigenvalue weighted by Gasteiger charge is 2.18. The van der Waals surface area contributed by atoms with Gasteiger partial charge in [0.15, 0.2) is 0 Å². The molecule has 2 N–H and O–H groups in total. The van der Waals surface area contributed by atoms with E-state index in [9.17, 15) is 13.6 Å². The first-order valence-electron chi connectivity index (χ1n) is 7.58. The van der Waals surface area contributed by atoms with E-state index in [2.05, 4.69) is 15.5 Å². The molecule has 1 amide bonds. The monoisotopic (exact) mass is 361 g/mol. The second-order valence-electron chi connectivity index (χ2n) is 5.40. The van der Waals surface area contributed by atoms with Crippen LogP contribution < -0.4 is 5.32 Å². The molecule has 1 heterocycles. The fraction of sp³-hybridized carbons (Fsp3) is 0.111. The van der Waals surface area contributed by atoms with E-state index in [-0.39, 0.29) is 5.56 Å². The molecular weight excluding hydrogens is 348 g/mol. The normalized spacial score (nSPS) is 10.7. The Kier molecular flexibility index (Phi) is 4.81. The van der Waals surface area contributed by atoms with Gasteiger partial charge in [-0.25, -0.2) is 8.78 Å². The second kappa shape index (κ2) is 7.03. The van der Waals surface area contributed by atoms with E-state index in [0.29, 0.717) is 34.6 Å². The third-order valence-electron chi connectivity index (χ3n) is 3.68. The van der Waals surface area contributed by atoms with Crippen molar-refractivity contribution in [1.82, 2.24) is 10.2 Å². The number of hydrogen-bond donors (Lipinski definition) is 2. The quantitative estimate of drug-likeness (QED) is 0.699. The minimum atomic E-state index is -0.814. The minimum Gasteiger partial charge on any atom is -0.319 e. The van der Waals surface area contributed by atoms with E-state index < -0.39 is 17.5 Å². The van der Waals surface area contributed by atoms with Crippen molar-refractivity contribution in [2.75, 3.05) is 5.32 Å². The standard InChI is InChI=1S/C18H14ClF2N3O/c1-2-15-17(16(24-23-15)10-3-5-12(19)6-4-10)22-18(25)11-7-13(20)9-14(21)8-11/h3-9H,2H2,1H3,(H,22,25)(H,23,24). The molecule has 1 aromatic heterocycles. The highest BCUT2D eigenvalue weighted by molar-refractivity contribution is 6.30. The van der Waals surface area contributed by atoms with Gasteiger partial charge < -0.3 is 5.32 Å². The zero-order valence-electron chi connectivity index (χ0n) is 13.2. The van der Waals surface area contributed by atoms with Crippen LogP contribution in [-0.2, 0) is 6.42 Å². The summed E-state index contributed by atoms with van der Waals surface area (Å²) in [6.45, 7) is 1.90. The van der Waals surface area contributed by atoms with Crippen molar-refractivity contribution >= 4 is 23.2 Å². The van der Waals surface area contributed by atoms with Gasteiger partial charge in [-0.15, -0.1) is 0 Å². The van der Waals surface area contributed by atoms with Crippen molar-refractivity contribution in [1.29, 1.82) is 0 Å². The summed E-state index contributed by atoms with van der Waals surface area (Å²) in [5, 5.41) is 10.4. The van der Waals surface area contributed by atoms with Crippen molar-refractivity contribution < 1.29 is 13.6 Å². The Morgan fingerprint density at radius 1 is 1.16 bits per heavy atom. The van der Waals surface area contributed by atoms with Gasteiger partial charge in [-0.05, 0) is 30.7 Å². The number of H-pyrrole nitrogens is 1. The zero-order valence-corrected chi connectivity index (χ0v) is 14.0. The molecule has 0 aliphatic carbocycles. The average molecular weight is 362 g/mol. The molecule has 7 heteroatoms. The molecule has 0 bridgehead atoms. The Morgan fingerprint density at radius 3 is 2.40 bits per heavy atom. The number of halogens is 3. The summed E-state index contributed by atoms with van der Waals surface area (Å²) in [7, 11) is 0. The number of hydrogen-bond acceptors (Lipinski definition) is 2. The number of nitrogens with zero attached hydrogens (tertiary/aromatic N) is 1. The summed E-state index contributed by atoms with van der Waals surface area (Å²) in [5.41, 5.74) is 2.34. The summed E-state index contributed by atoms with van der Waals surface area (Å²) < 4.78 is 26.7. The summed E-state index contributed by atoms with van der Waals surface area (Å²) in [6.07, 6.45) is 0.591. The molecule has 0 fully saturated rings. The molecule has 2 aromatic carbocycles. The number of carbonyl (C=O) groups excluding carboxylic acids is 1. The second-order valence-corrected chi connectivity index (χ2v) is 5.83. The van der Waals surface area contributed by atoms with Gasteiger partial charge in [-0.3, -0.25) is 9.89 Å². The van der Waals surface area contributed by atoms with Crippen molar-refractivity contribution in [3.8, 4) is 11.3 Å². The van der Waals surface area contributed by atoms with Gasteiger partial charge in [0.25, 0.3) is 5.91 Å². The molecule has 0 saturated heterocycles.